The normalized spacial score (nSPS) is 16.4. The van der Waals surface area contributed by atoms with E-state index in [4.69, 9.17) is 9.72 Å². The number of hydrogen-bond acceptors (Lipinski definition) is 5. The molecule has 1 fully saturated rings. The summed E-state index contributed by atoms with van der Waals surface area (Å²) >= 11 is 0. The number of nitrogens with one attached hydrogen (secondary N) is 2. The van der Waals surface area contributed by atoms with E-state index in [-0.39, 0.29) is 0 Å². The molecule has 0 saturated carbocycles. The van der Waals surface area contributed by atoms with Crippen molar-refractivity contribution in [2.45, 2.75) is 6.92 Å². The molecule has 4 aromatic rings. The van der Waals surface area contributed by atoms with E-state index in [1.807, 2.05) is 12.3 Å². The Bertz CT molecular complexity index is 1320. The third kappa shape index (κ3) is 3.70. The third-order valence-electron chi connectivity index (χ3n) is 6.87. The highest BCUT2D eigenvalue weighted by Gasteiger charge is 2.17. The first-order valence-electron chi connectivity index (χ1n) is 11.7. The van der Waals surface area contributed by atoms with Gasteiger partial charge in [0.25, 0.3) is 0 Å². The van der Waals surface area contributed by atoms with Crippen LogP contribution in [0.4, 0.5) is 11.4 Å². The molecular formula is C27H29N5O. The number of hydrogen-bond donors (Lipinski definition) is 2. The maximum Gasteiger partial charge on any atom is 0.142 e. The Morgan fingerprint density at radius 3 is 2.64 bits per heavy atom. The summed E-state index contributed by atoms with van der Waals surface area (Å²) in [6.45, 7) is 8.15. The van der Waals surface area contributed by atoms with E-state index in [1.54, 1.807) is 0 Å². The molecule has 2 aromatic carbocycles. The van der Waals surface area contributed by atoms with Gasteiger partial charge in [0, 0.05) is 67.3 Å². The molecule has 4 heterocycles. The fourth-order valence-corrected chi connectivity index (χ4v) is 4.95. The summed E-state index contributed by atoms with van der Waals surface area (Å²) in [4.78, 5) is 13.0. The average molecular weight is 440 g/mol. The minimum absolute atomic E-state index is 0.708. The van der Waals surface area contributed by atoms with Gasteiger partial charge in [0.05, 0.1) is 5.69 Å². The molecule has 0 atom stereocenters. The van der Waals surface area contributed by atoms with Crippen molar-refractivity contribution < 1.29 is 4.74 Å². The van der Waals surface area contributed by atoms with E-state index in [2.05, 4.69) is 76.7 Å². The fraction of sp³-hybridized carbons (Fsp3) is 0.296. The summed E-state index contributed by atoms with van der Waals surface area (Å²) in [6.07, 6.45) is 4.02. The Labute approximate surface area is 194 Å². The van der Waals surface area contributed by atoms with E-state index in [0.29, 0.717) is 6.61 Å². The molecule has 6 nitrogen and oxygen atoms in total. The van der Waals surface area contributed by atoms with Gasteiger partial charge in [-0.25, -0.2) is 4.98 Å². The first-order valence-corrected chi connectivity index (χ1v) is 11.7. The largest absolute Gasteiger partial charge is 0.490 e. The Balaban J connectivity index is 1.34. The van der Waals surface area contributed by atoms with Crippen LogP contribution in [0.3, 0.4) is 0 Å². The molecule has 6 heteroatoms. The van der Waals surface area contributed by atoms with Crippen LogP contribution in [-0.4, -0.2) is 61.2 Å². The molecule has 2 N–H and O–H groups in total. The minimum Gasteiger partial charge on any atom is -0.490 e. The average Bonchev–Trinajstić information content (AvgIpc) is 3.28. The van der Waals surface area contributed by atoms with Gasteiger partial charge in [-0.1, -0.05) is 12.1 Å². The van der Waals surface area contributed by atoms with Gasteiger partial charge in [-0.3, -0.25) is 0 Å². The molecule has 2 aliphatic rings. The van der Waals surface area contributed by atoms with Gasteiger partial charge in [-0.05, 0) is 61.0 Å². The number of nitrogens with zero attached hydrogens (tertiary/aromatic N) is 3. The standard InChI is InChI=1S/C27H29N5O/c1-18-13-19(3-5-25(18)32-10-8-31(2)9-11-32)21-14-22-23(17-30-27(22)29-16-21)20-4-6-26-24(15-20)28-7-12-33-26/h3-6,13-17,28H,7-12H2,1-2H3,(H,29,30). The Kier molecular flexibility index (Phi) is 4.95. The predicted octanol–water partition coefficient (Wildman–Crippen LogP) is 4.76. The van der Waals surface area contributed by atoms with Gasteiger partial charge in [-0.2, -0.15) is 0 Å². The van der Waals surface area contributed by atoms with Crippen molar-refractivity contribution in [1.29, 1.82) is 0 Å². The minimum atomic E-state index is 0.708. The van der Waals surface area contributed by atoms with Gasteiger partial charge in [0.1, 0.15) is 18.0 Å². The lowest BCUT2D eigenvalue weighted by Crippen LogP contribution is -2.44. The molecule has 0 unspecified atom stereocenters. The van der Waals surface area contributed by atoms with E-state index < -0.39 is 0 Å². The zero-order chi connectivity index (χ0) is 22.4. The molecule has 0 bridgehead atoms. The van der Waals surface area contributed by atoms with Gasteiger partial charge in [-0.15, -0.1) is 0 Å². The molecule has 2 aliphatic heterocycles. The Hall–Kier alpha value is -3.51. The number of aromatic amines is 1. The summed E-state index contributed by atoms with van der Waals surface area (Å²) < 4.78 is 5.74. The number of H-pyrrole nitrogens is 1. The molecule has 33 heavy (non-hydrogen) atoms. The van der Waals surface area contributed by atoms with Crippen LogP contribution >= 0.6 is 0 Å². The monoisotopic (exact) mass is 439 g/mol. The first kappa shape index (κ1) is 20.1. The lowest BCUT2D eigenvalue weighted by atomic mass is 10.00. The number of anilines is 2. The summed E-state index contributed by atoms with van der Waals surface area (Å²) in [5.41, 5.74) is 9.25. The maximum atomic E-state index is 5.74. The van der Waals surface area contributed by atoms with Crippen molar-refractivity contribution >= 4 is 22.4 Å². The van der Waals surface area contributed by atoms with E-state index >= 15 is 0 Å². The summed E-state index contributed by atoms with van der Waals surface area (Å²) in [5, 5.41) is 4.56. The number of fused-ring (bicyclic) bond motifs is 2. The van der Waals surface area contributed by atoms with Crippen LogP contribution in [0.15, 0.2) is 54.9 Å². The third-order valence-corrected chi connectivity index (χ3v) is 6.87. The number of piperazine rings is 1. The molecule has 0 aliphatic carbocycles. The van der Waals surface area contributed by atoms with Gasteiger partial charge >= 0.3 is 0 Å². The number of aromatic nitrogens is 2. The molecule has 168 valence electrons. The first-order chi connectivity index (χ1) is 16.2. The second-order valence-electron chi connectivity index (χ2n) is 9.10. The predicted molar refractivity (Wildman–Crippen MR) is 135 cm³/mol. The topological polar surface area (TPSA) is 56.4 Å². The van der Waals surface area contributed by atoms with Crippen molar-refractivity contribution in [3.05, 3.63) is 60.4 Å². The molecule has 0 amide bonds. The zero-order valence-corrected chi connectivity index (χ0v) is 19.2. The van der Waals surface area contributed by atoms with Crippen LogP contribution in [0.2, 0.25) is 0 Å². The Morgan fingerprint density at radius 2 is 1.79 bits per heavy atom. The van der Waals surface area contributed by atoms with Crippen LogP contribution in [0.25, 0.3) is 33.3 Å². The van der Waals surface area contributed by atoms with Crippen molar-refractivity contribution in [3.8, 4) is 28.0 Å². The van der Waals surface area contributed by atoms with Crippen LogP contribution in [0, 0.1) is 6.92 Å². The smallest absolute Gasteiger partial charge is 0.142 e. The van der Waals surface area contributed by atoms with Crippen LogP contribution in [0.5, 0.6) is 5.75 Å². The highest BCUT2D eigenvalue weighted by Crippen LogP contribution is 2.36. The molecule has 6 rings (SSSR count). The van der Waals surface area contributed by atoms with Crippen molar-refractivity contribution in [1.82, 2.24) is 14.9 Å². The number of pyridine rings is 1. The fourth-order valence-electron chi connectivity index (χ4n) is 4.95. The molecule has 0 radical (unpaired) electrons. The van der Waals surface area contributed by atoms with E-state index in [0.717, 1.165) is 71.9 Å². The summed E-state index contributed by atoms with van der Waals surface area (Å²) in [5.74, 6) is 0.916. The quantitative estimate of drug-likeness (QED) is 0.482. The summed E-state index contributed by atoms with van der Waals surface area (Å²) in [7, 11) is 2.19. The van der Waals surface area contributed by atoms with E-state index in [1.165, 1.54) is 16.8 Å². The molecular weight excluding hydrogens is 410 g/mol. The highest BCUT2D eigenvalue weighted by molar-refractivity contribution is 5.96. The number of rotatable bonds is 3. The van der Waals surface area contributed by atoms with Gasteiger partial charge in [0.15, 0.2) is 0 Å². The van der Waals surface area contributed by atoms with Crippen LogP contribution in [0.1, 0.15) is 5.56 Å². The van der Waals surface area contributed by atoms with Gasteiger partial charge < -0.3 is 24.8 Å². The zero-order valence-electron chi connectivity index (χ0n) is 19.2. The SMILES string of the molecule is Cc1cc(-c2cnc3[nH]cc(-c4ccc5c(c4)NCCO5)c3c2)ccc1N1CCN(C)CC1. The van der Waals surface area contributed by atoms with Crippen LogP contribution in [-0.2, 0) is 0 Å². The number of benzene rings is 2. The van der Waals surface area contributed by atoms with Crippen molar-refractivity contribution in [2.24, 2.45) is 0 Å². The lowest BCUT2D eigenvalue weighted by Gasteiger charge is -2.35. The van der Waals surface area contributed by atoms with E-state index in [9.17, 15) is 0 Å². The number of ether oxygens (including phenoxy) is 1. The van der Waals surface area contributed by atoms with Gasteiger partial charge in [0.2, 0.25) is 0 Å². The molecule has 1 saturated heterocycles. The Morgan fingerprint density at radius 1 is 0.939 bits per heavy atom. The number of aryl methyl sites for hydroxylation is 1. The van der Waals surface area contributed by atoms with Crippen LogP contribution < -0.4 is 15.0 Å². The molecule has 2 aromatic heterocycles. The maximum absolute atomic E-state index is 5.74. The van der Waals surface area contributed by atoms with Crippen molar-refractivity contribution in [3.63, 3.8) is 0 Å². The van der Waals surface area contributed by atoms with Crippen molar-refractivity contribution in [2.75, 3.05) is 56.6 Å². The highest BCUT2D eigenvalue weighted by atomic mass is 16.5. The molecule has 0 spiro atoms. The summed E-state index contributed by atoms with van der Waals surface area (Å²) in [6, 6.07) is 15.4. The lowest BCUT2D eigenvalue weighted by molar-refractivity contribution is 0.312. The second kappa shape index (κ2) is 8.12. The second-order valence-corrected chi connectivity index (χ2v) is 9.10. The number of likely N-dealkylation sites (N-methyl/N-ethyl adjacent to an activating group) is 1.